The molecule has 0 fully saturated rings. The Morgan fingerprint density at radius 2 is 1.15 bits per heavy atom. The summed E-state index contributed by atoms with van der Waals surface area (Å²) < 4.78 is 0. The van der Waals surface area contributed by atoms with Gasteiger partial charge >= 0.3 is 0 Å². The molecule has 5 amide bonds. The molecule has 0 unspecified atom stereocenters. The molecule has 2 heterocycles. The molecule has 6 rings (SSSR count). The zero-order valence-electron chi connectivity index (χ0n) is 24.0. The van der Waals surface area contributed by atoms with Crippen molar-refractivity contribution >= 4 is 62.5 Å². The molecule has 15 heteroatoms. The van der Waals surface area contributed by atoms with Crippen LogP contribution in [0.5, 0.6) is 0 Å². The first-order chi connectivity index (χ1) is 22.1. The van der Waals surface area contributed by atoms with Gasteiger partial charge in [0.2, 0.25) is 5.91 Å². The minimum absolute atomic E-state index is 0.00805. The molecule has 0 aliphatic carbocycles. The Bertz CT molecular complexity index is 2040. The van der Waals surface area contributed by atoms with Crippen LogP contribution in [0.2, 0.25) is 0 Å². The number of nitrogens with zero attached hydrogens (tertiary/aromatic N) is 4. The van der Waals surface area contributed by atoms with Crippen molar-refractivity contribution in [3.05, 3.63) is 103 Å². The van der Waals surface area contributed by atoms with E-state index in [0.29, 0.717) is 34.5 Å². The van der Waals surface area contributed by atoms with Gasteiger partial charge in [-0.1, -0.05) is 24.3 Å². The van der Waals surface area contributed by atoms with E-state index in [1.807, 2.05) is 0 Å². The summed E-state index contributed by atoms with van der Waals surface area (Å²) in [5, 5.41) is 30.0. The highest BCUT2D eigenvalue weighted by atomic mass is 16.6. The molecular weight excluding hydrogens is 600 g/mol. The van der Waals surface area contributed by atoms with Gasteiger partial charge in [-0.3, -0.25) is 54.0 Å². The maximum absolute atomic E-state index is 13.1. The van der Waals surface area contributed by atoms with Crippen molar-refractivity contribution in [2.45, 2.75) is 6.42 Å². The van der Waals surface area contributed by atoms with E-state index >= 15 is 0 Å². The molecule has 232 valence electrons. The topological polar surface area (TPSA) is 202 Å². The third-order valence-corrected chi connectivity index (χ3v) is 7.91. The largest absolute Gasteiger partial charge is 0.354 e. The average molecular weight is 625 g/mol. The maximum atomic E-state index is 13.1. The molecule has 2 aliphatic heterocycles. The maximum Gasteiger partial charge on any atom is 0.270 e. The fourth-order valence-electron chi connectivity index (χ4n) is 5.80. The van der Waals surface area contributed by atoms with Gasteiger partial charge in [0, 0.05) is 65.8 Å². The van der Waals surface area contributed by atoms with Gasteiger partial charge in [0.25, 0.3) is 35.0 Å². The number of benzene rings is 4. The summed E-state index contributed by atoms with van der Waals surface area (Å²) in [5.74, 6) is -3.20. The molecule has 0 spiro atoms. The van der Waals surface area contributed by atoms with Crippen LogP contribution < -0.4 is 10.6 Å². The Kier molecular flexibility index (Phi) is 7.67. The molecule has 46 heavy (non-hydrogen) atoms. The van der Waals surface area contributed by atoms with Gasteiger partial charge in [-0.2, -0.15) is 0 Å². The van der Waals surface area contributed by atoms with Crippen LogP contribution in [-0.4, -0.2) is 81.9 Å². The smallest absolute Gasteiger partial charge is 0.270 e. The number of nitro benzene ring substituents is 2. The third-order valence-electron chi connectivity index (χ3n) is 7.91. The third kappa shape index (κ3) is 5.17. The molecule has 0 atom stereocenters. The van der Waals surface area contributed by atoms with E-state index < -0.39 is 45.9 Å². The van der Waals surface area contributed by atoms with Crippen LogP contribution >= 0.6 is 0 Å². The van der Waals surface area contributed by atoms with E-state index in [4.69, 9.17) is 0 Å². The highest BCUT2D eigenvalue weighted by Gasteiger charge is 2.36. The lowest BCUT2D eigenvalue weighted by Crippen LogP contribution is -2.46. The summed E-state index contributed by atoms with van der Waals surface area (Å²) in [6.07, 6.45) is 0.429. The van der Waals surface area contributed by atoms with Crippen molar-refractivity contribution in [2.75, 3.05) is 32.7 Å². The number of hydrogen-bond donors (Lipinski definition) is 2. The minimum Gasteiger partial charge on any atom is -0.354 e. The van der Waals surface area contributed by atoms with Crippen molar-refractivity contribution in [2.24, 2.45) is 0 Å². The monoisotopic (exact) mass is 624 g/mol. The normalized spacial score (nSPS) is 13.9. The molecule has 2 aliphatic rings. The standard InChI is InChI=1S/C31H24N6O9/c38-25(16-35-29(40)22-7-2-5-18-13-20(37(45)46)15-24(27(18)22)31(35)42)33-9-3-8-32-10-11-34-28(39)21-6-1-4-17-12-19(36(43)44)14-23(26(17)21)30(34)41/h1-2,4-7,12-15,32H,3,8-11,16H2,(H,33,38). The Labute approximate surface area is 259 Å². The van der Waals surface area contributed by atoms with Crippen LogP contribution in [-0.2, 0) is 4.79 Å². The number of rotatable bonds is 11. The van der Waals surface area contributed by atoms with Gasteiger partial charge in [0.1, 0.15) is 6.54 Å². The van der Waals surface area contributed by atoms with Crippen molar-refractivity contribution in [1.29, 1.82) is 0 Å². The molecule has 4 aromatic rings. The fraction of sp³-hybridized carbons (Fsp3) is 0.194. The summed E-state index contributed by atoms with van der Waals surface area (Å²) >= 11 is 0. The van der Waals surface area contributed by atoms with Gasteiger partial charge in [-0.25, -0.2) is 0 Å². The molecule has 0 radical (unpaired) electrons. The van der Waals surface area contributed by atoms with Gasteiger partial charge in [-0.05, 0) is 35.9 Å². The first kappa shape index (κ1) is 30.0. The van der Waals surface area contributed by atoms with Crippen molar-refractivity contribution in [3.63, 3.8) is 0 Å². The van der Waals surface area contributed by atoms with Crippen LogP contribution in [0.3, 0.4) is 0 Å². The summed E-state index contributed by atoms with van der Waals surface area (Å²) in [4.78, 5) is 88.3. The van der Waals surface area contributed by atoms with E-state index in [-0.39, 0.29) is 53.3 Å². The number of nitro groups is 2. The average Bonchev–Trinajstić information content (AvgIpc) is 3.04. The number of hydrogen-bond acceptors (Lipinski definition) is 10. The number of imide groups is 2. The lowest BCUT2D eigenvalue weighted by molar-refractivity contribution is -0.384. The minimum atomic E-state index is -0.801. The second kappa shape index (κ2) is 11.8. The van der Waals surface area contributed by atoms with Crippen LogP contribution in [0.1, 0.15) is 47.9 Å². The van der Waals surface area contributed by atoms with Gasteiger partial charge in [0.05, 0.1) is 21.0 Å². The predicted octanol–water partition coefficient (Wildman–Crippen LogP) is 2.80. The Hall–Kier alpha value is -6.09. The van der Waals surface area contributed by atoms with Crippen LogP contribution in [0.4, 0.5) is 11.4 Å². The zero-order chi connectivity index (χ0) is 32.7. The first-order valence-corrected chi connectivity index (χ1v) is 14.2. The molecule has 0 aromatic heterocycles. The molecule has 0 bridgehead atoms. The van der Waals surface area contributed by atoms with E-state index in [2.05, 4.69) is 10.6 Å². The molecular formula is C31H24N6O9. The van der Waals surface area contributed by atoms with Gasteiger partial charge in [-0.15, -0.1) is 0 Å². The van der Waals surface area contributed by atoms with Crippen molar-refractivity contribution in [3.8, 4) is 0 Å². The molecule has 2 N–H and O–H groups in total. The Balaban J connectivity index is 1.00. The summed E-state index contributed by atoms with van der Waals surface area (Å²) in [6, 6.07) is 14.3. The second-order valence-corrected chi connectivity index (χ2v) is 10.7. The number of non-ortho nitro benzene ring substituents is 2. The van der Waals surface area contributed by atoms with Crippen molar-refractivity contribution in [1.82, 2.24) is 20.4 Å². The summed E-state index contributed by atoms with van der Waals surface area (Å²) in [5.41, 5.74) is -0.0365. The van der Waals surface area contributed by atoms with Crippen LogP contribution in [0.25, 0.3) is 21.5 Å². The first-order valence-electron chi connectivity index (χ1n) is 14.2. The van der Waals surface area contributed by atoms with Gasteiger partial charge in [0.15, 0.2) is 0 Å². The number of carbonyl (C=O) groups excluding carboxylic acids is 5. The van der Waals surface area contributed by atoms with E-state index in [1.165, 1.54) is 24.3 Å². The molecule has 15 nitrogen and oxygen atoms in total. The Morgan fingerprint density at radius 1 is 0.652 bits per heavy atom. The zero-order valence-corrected chi connectivity index (χ0v) is 24.0. The van der Waals surface area contributed by atoms with E-state index in [9.17, 15) is 44.2 Å². The molecule has 0 saturated carbocycles. The fourth-order valence-corrected chi connectivity index (χ4v) is 5.80. The predicted molar refractivity (Wildman–Crippen MR) is 162 cm³/mol. The highest BCUT2D eigenvalue weighted by molar-refractivity contribution is 6.27. The lowest BCUT2D eigenvalue weighted by atomic mass is 9.93. The molecule has 0 saturated heterocycles. The van der Waals surface area contributed by atoms with Crippen molar-refractivity contribution < 1.29 is 33.8 Å². The van der Waals surface area contributed by atoms with Crippen LogP contribution in [0, 0.1) is 20.2 Å². The van der Waals surface area contributed by atoms with Crippen LogP contribution in [0.15, 0.2) is 60.7 Å². The van der Waals surface area contributed by atoms with E-state index in [0.717, 1.165) is 15.9 Å². The lowest BCUT2D eigenvalue weighted by Gasteiger charge is -2.27. The second-order valence-electron chi connectivity index (χ2n) is 10.7. The SMILES string of the molecule is O=C(CN1C(=O)c2cccc3cc([N+](=O)[O-])cc(c23)C1=O)NCCCNCCN1C(=O)c2cccc3cc([N+](=O)[O-])cc(c23)C1=O. The summed E-state index contributed by atoms with van der Waals surface area (Å²) in [7, 11) is 0. The quantitative estimate of drug-likeness (QED) is 0.108. The highest BCUT2D eigenvalue weighted by Crippen LogP contribution is 2.34. The number of nitrogens with one attached hydrogen (secondary N) is 2. The van der Waals surface area contributed by atoms with E-state index in [1.54, 1.807) is 30.3 Å². The number of carbonyl (C=O) groups is 5. The number of amides is 5. The Morgan fingerprint density at radius 3 is 1.70 bits per heavy atom. The summed E-state index contributed by atoms with van der Waals surface area (Å²) in [6.45, 7) is 0.220. The van der Waals surface area contributed by atoms with Gasteiger partial charge < -0.3 is 10.6 Å². The molecule has 4 aromatic carbocycles.